The molecule has 0 aromatic carbocycles. The highest BCUT2D eigenvalue weighted by Crippen LogP contribution is 2.42. The second-order valence-corrected chi connectivity index (χ2v) is 6.46. The quantitative estimate of drug-likeness (QED) is 0.663. The maximum absolute atomic E-state index is 11.9. The van der Waals surface area contributed by atoms with E-state index in [1.807, 2.05) is 0 Å². The predicted octanol–water partition coefficient (Wildman–Crippen LogP) is 3.53. The maximum atomic E-state index is 11.9. The molecule has 0 heterocycles. The van der Waals surface area contributed by atoms with Crippen LogP contribution in [0.3, 0.4) is 0 Å². The van der Waals surface area contributed by atoms with Crippen molar-refractivity contribution in [2.24, 2.45) is 11.3 Å². The van der Waals surface area contributed by atoms with Crippen LogP contribution in [0.5, 0.6) is 0 Å². The average Bonchev–Trinajstić information content (AvgIpc) is 2.26. The van der Waals surface area contributed by atoms with Crippen LogP contribution in [0.25, 0.3) is 0 Å². The van der Waals surface area contributed by atoms with Crippen molar-refractivity contribution >= 4 is 11.6 Å². The first-order valence-electron chi connectivity index (χ1n) is 6.85. The molecule has 2 fully saturated rings. The van der Waals surface area contributed by atoms with Gasteiger partial charge < -0.3 is 0 Å². The Morgan fingerprint density at radius 2 is 2.06 bits per heavy atom. The van der Waals surface area contributed by atoms with E-state index in [1.54, 1.807) is 6.92 Å². The molecule has 0 N–H and O–H groups in total. The molecule has 0 bridgehead atoms. The van der Waals surface area contributed by atoms with Gasteiger partial charge in [0.2, 0.25) is 0 Å². The molecule has 18 heavy (non-hydrogen) atoms. The second kappa shape index (κ2) is 4.99. The van der Waals surface area contributed by atoms with E-state index >= 15 is 0 Å². The van der Waals surface area contributed by atoms with Crippen LogP contribution < -0.4 is 0 Å². The Hall–Kier alpha value is -0.920. The van der Waals surface area contributed by atoms with Crippen molar-refractivity contribution < 1.29 is 9.59 Å². The zero-order valence-corrected chi connectivity index (χ0v) is 11.6. The fourth-order valence-corrected chi connectivity index (χ4v) is 3.33. The normalized spacial score (nSPS) is 32.4. The zero-order valence-electron chi connectivity index (χ0n) is 11.6. The summed E-state index contributed by atoms with van der Waals surface area (Å²) in [7, 11) is 0. The van der Waals surface area contributed by atoms with Crippen LogP contribution in [0.15, 0.2) is 11.1 Å². The van der Waals surface area contributed by atoms with Gasteiger partial charge in [-0.2, -0.15) is 0 Å². The Balaban J connectivity index is 2.32. The molecule has 2 nitrogen and oxygen atoms in total. The first kappa shape index (κ1) is 13.5. The van der Waals surface area contributed by atoms with E-state index in [0.717, 1.165) is 25.7 Å². The van der Waals surface area contributed by atoms with Gasteiger partial charge in [-0.15, -0.1) is 0 Å². The zero-order chi connectivity index (χ0) is 13.3. The van der Waals surface area contributed by atoms with Crippen LogP contribution in [-0.2, 0) is 9.59 Å². The van der Waals surface area contributed by atoms with Crippen LogP contribution in [0.2, 0.25) is 0 Å². The van der Waals surface area contributed by atoms with Crippen LogP contribution in [0.4, 0.5) is 0 Å². The molecule has 1 atom stereocenters. The van der Waals surface area contributed by atoms with Gasteiger partial charge in [0, 0.05) is 18.8 Å². The molecule has 2 saturated carbocycles. The van der Waals surface area contributed by atoms with E-state index in [-0.39, 0.29) is 17.1 Å². The van der Waals surface area contributed by atoms with E-state index in [4.69, 9.17) is 0 Å². The summed E-state index contributed by atoms with van der Waals surface area (Å²) in [5.74, 6) is 0.352. The Morgan fingerprint density at radius 3 is 2.67 bits per heavy atom. The fourth-order valence-electron chi connectivity index (χ4n) is 3.33. The summed E-state index contributed by atoms with van der Waals surface area (Å²) in [6.45, 7) is 5.92. The number of hydrogen-bond acceptors (Lipinski definition) is 2. The average molecular weight is 246 g/mol. The lowest BCUT2D eigenvalue weighted by Gasteiger charge is -2.34. The smallest absolute Gasteiger partial charge is 0.137 e. The lowest BCUT2D eigenvalue weighted by atomic mass is 9.69. The molecule has 98 valence electrons. The number of carbonyl (C=O) groups is 2. The molecule has 0 aromatic rings. The van der Waals surface area contributed by atoms with Crippen molar-refractivity contribution in [3.8, 4) is 0 Å². The van der Waals surface area contributed by atoms with E-state index in [1.165, 1.54) is 11.1 Å². The van der Waals surface area contributed by atoms with Crippen molar-refractivity contribution in [2.75, 3.05) is 0 Å². The van der Waals surface area contributed by atoms with E-state index in [9.17, 15) is 9.59 Å². The first-order valence-corrected chi connectivity index (χ1v) is 6.85. The molecule has 0 spiro atoms. The first-order chi connectivity index (χ1) is 8.39. The number of ketones is 2. The largest absolute Gasteiger partial charge is 0.299 e. The number of carbonyl (C=O) groups excluding carboxylic acids is 2. The number of rotatable bonds is 1. The minimum Gasteiger partial charge on any atom is -0.299 e. The molecule has 0 aliphatic heterocycles. The Bertz CT molecular complexity index is 401. The van der Waals surface area contributed by atoms with Gasteiger partial charge in [-0.25, -0.2) is 0 Å². The monoisotopic (exact) mass is 246 g/mol. The van der Waals surface area contributed by atoms with Gasteiger partial charge in [-0.05, 0) is 44.4 Å². The topological polar surface area (TPSA) is 34.1 Å². The lowest BCUT2D eigenvalue weighted by molar-refractivity contribution is -0.122. The third kappa shape index (κ3) is 2.90. The summed E-state index contributed by atoms with van der Waals surface area (Å²) >= 11 is 0. The summed E-state index contributed by atoms with van der Waals surface area (Å²) in [5, 5.41) is 0. The molecule has 0 amide bonds. The maximum Gasteiger partial charge on any atom is 0.137 e. The highest BCUT2D eigenvalue weighted by molar-refractivity contribution is 5.86. The second-order valence-electron chi connectivity index (χ2n) is 6.46. The van der Waals surface area contributed by atoms with Crippen LogP contribution in [-0.4, -0.2) is 11.6 Å². The fraction of sp³-hybridized carbons (Fsp3) is 0.688. The van der Waals surface area contributed by atoms with Crippen molar-refractivity contribution in [1.29, 1.82) is 0 Å². The van der Waals surface area contributed by atoms with Crippen LogP contribution >= 0.6 is 0 Å². The lowest BCUT2D eigenvalue weighted by Crippen LogP contribution is -2.28. The summed E-state index contributed by atoms with van der Waals surface area (Å²) in [6.07, 6.45) is 8.41. The summed E-state index contributed by atoms with van der Waals surface area (Å²) in [4.78, 5) is 23.6. The SMILES string of the molecule is CC(=O)C1[C]CCCC1=C1CC(=O)CC(C)(C)C1. The Labute approximate surface area is 110 Å². The molecule has 0 saturated heterocycles. The highest BCUT2D eigenvalue weighted by Gasteiger charge is 2.34. The number of Topliss-reactive ketones (excluding diaryl/α,β-unsaturated/α-hetero) is 2. The summed E-state index contributed by atoms with van der Waals surface area (Å²) in [6, 6.07) is 0. The van der Waals surface area contributed by atoms with Gasteiger partial charge in [0.15, 0.2) is 0 Å². The molecule has 2 rings (SSSR count). The van der Waals surface area contributed by atoms with Gasteiger partial charge in [-0.1, -0.05) is 25.0 Å². The minimum atomic E-state index is -0.143. The van der Waals surface area contributed by atoms with Crippen molar-refractivity contribution in [2.45, 2.75) is 59.3 Å². The van der Waals surface area contributed by atoms with Gasteiger partial charge in [0.05, 0.1) is 0 Å². The van der Waals surface area contributed by atoms with Gasteiger partial charge >= 0.3 is 0 Å². The van der Waals surface area contributed by atoms with Crippen molar-refractivity contribution in [3.05, 3.63) is 17.6 Å². The van der Waals surface area contributed by atoms with Gasteiger partial charge in [0.1, 0.15) is 11.6 Å². The molecule has 2 heteroatoms. The predicted molar refractivity (Wildman–Crippen MR) is 70.9 cm³/mol. The molecule has 0 aromatic heterocycles. The molecular weight excluding hydrogens is 224 g/mol. The van der Waals surface area contributed by atoms with Crippen LogP contribution in [0.1, 0.15) is 59.3 Å². The molecule has 2 radical (unpaired) electrons. The van der Waals surface area contributed by atoms with Crippen LogP contribution in [0, 0.1) is 17.8 Å². The Kier molecular flexibility index (Phi) is 3.74. The minimum absolute atomic E-state index is 0.0520. The molecule has 2 aliphatic rings. The standard InChI is InChI=1S/C16H22O2/c1-11(17)14-6-4-5-7-15(14)12-8-13(18)10-16(2,3)9-12/h14H,4-5,7-10H2,1-3H3. The van der Waals surface area contributed by atoms with E-state index in [0.29, 0.717) is 18.6 Å². The van der Waals surface area contributed by atoms with E-state index in [2.05, 4.69) is 20.3 Å². The summed E-state index contributed by atoms with van der Waals surface area (Å²) in [5.41, 5.74) is 2.48. The molecular formula is C16H22O2. The summed E-state index contributed by atoms with van der Waals surface area (Å²) < 4.78 is 0. The third-order valence-corrected chi connectivity index (χ3v) is 3.96. The Morgan fingerprint density at radius 1 is 1.33 bits per heavy atom. The third-order valence-electron chi connectivity index (χ3n) is 3.96. The molecule has 1 unspecified atom stereocenters. The van der Waals surface area contributed by atoms with Gasteiger partial charge in [0.25, 0.3) is 0 Å². The number of hydrogen-bond donors (Lipinski definition) is 0. The van der Waals surface area contributed by atoms with Gasteiger partial charge in [-0.3, -0.25) is 9.59 Å². The van der Waals surface area contributed by atoms with E-state index < -0.39 is 0 Å². The van der Waals surface area contributed by atoms with Crippen molar-refractivity contribution in [1.82, 2.24) is 0 Å². The number of allylic oxidation sites excluding steroid dienone is 2. The highest BCUT2D eigenvalue weighted by atomic mass is 16.1. The molecule has 2 aliphatic carbocycles. The van der Waals surface area contributed by atoms with Crippen molar-refractivity contribution in [3.63, 3.8) is 0 Å².